The maximum absolute atomic E-state index is 14.5. The highest BCUT2D eigenvalue weighted by Gasteiger charge is 2.57. The second kappa shape index (κ2) is 14.1. The summed E-state index contributed by atoms with van der Waals surface area (Å²) in [6.45, 7) is 9.38. The highest BCUT2D eigenvalue weighted by molar-refractivity contribution is 8.22. The zero-order valence-corrected chi connectivity index (χ0v) is 31.5. The van der Waals surface area contributed by atoms with Crippen molar-refractivity contribution in [1.82, 2.24) is 4.90 Å². The molecule has 7 nitrogen and oxygen atoms in total. The molecule has 48 heavy (non-hydrogen) atoms. The average Bonchev–Trinajstić information content (AvgIpc) is 3.60. The molecule has 0 bridgehead atoms. The third-order valence-corrected chi connectivity index (χ3v) is 18.8. The molecule has 3 heterocycles. The number of nitrogens with zero attached hydrogens (tertiary/aromatic N) is 1. The molecule has 2 saturated heterocycles. The second-order valence-corrected chi connectivity index (χ2v) is 21.0. The van der Waals surface area contributed by atoms with Crippen LogP contribution < -0.4 is 19.8 Å². The summed E-state index contributed by atoms with van der Waals surface area (Å²) >= 11 is 3.29. The van der Waals surface area contributed by atoms with Gasteiger partial charge in [0.2, 0.25) is 5.91 Å². The van der Waals surface area contributed by atoms with Gasteiger partial charge in [-0.25, -0.2) is 4.79 Å². The smallest absolute Gasteiger partial charge is 0.332 e. The van der Waals surface area contributed by atoms with E-state index in [2.05, 4.69) is 80.3 Å². The first-order valence-electron chi connectivity index (χ1n) is 16.9. The summed E-state index contributed by atoms with van der Waals surface area (Å²) in [6, 6.07) is 24.9. The first kappa shape index (κ1) is 34.9. The molecule has 3 aliphatic rings. The van der Waals surface area contributed by atoms with E-state index in [1.54, 1.807) is 37.7 Å². The van der Waals surface area contributed by atoms with Gasteiger partial charge in [0.25, 0.3) is 8.32 Å². The molecule has 2 fully saturated rings. The van der Waals surface area contributed by atoms with Crippen LogP contribution in [0.4, 0.5) is 0 Å². The Morgan fingerprint density at radius 3 is 2.04 bits per heavy atom. The number of thioether (sulfide) groups is 2. The van der Waals surface area contributed by atoms with E-state index in [4.69, 9.17) is 18.6 Å². The maximum Gasteiger partial charge on any atom is 0.332 e. The van der Waals surface area contributed by atoms with Gasteiger partial charge in [-0.15, -0.1) is 23.5 Å². The largest absolute Gasteiger partial charge is 0.493 e. The molecule has 3 aromatic carbocycles. The Kier molecular flexibility index (Phi) is 10.3. The zero-order chi connectivity index (χ0) is 34.1. The van der Waals surface area contributed by atoms with Crippen molar-refractivity contribution >= 4 is 54.1 Å². The molecule has 0 spiro atoms. The Labute approximate surface area is 294 Å². The van der Waals surface area contributed by atoms with Crippen molar-refractivity contribution < 1.29 is 28.2 Å². The van der Waals surface area contributed by atoms with Crippen LogP contribution in [0.3, 0.4) is 0 Å². The van der Waals surface area contributed by atoms with Gasteiger partial charge in [-0.1, -0.05) is 81.4 Å². The summed E-state index contributed by atoms with van der Waals surface area (Å²) in [6.07, 6.45) is 1.59. The summed E-state index contributed by atoms with van der Waals surface area (Å²) < 4.78 is 23.8. The minimum atomic E-state index is -2.86. The van der Waals surface area contributed by atoms with E-state index in [1.165, 1.54) is 10.4 Å². The van der Waals surface area contributed by atoms with Crippen molar-refractivity contribution in [1.29, 1.82) is 0 Å². The van der Waals surface area contributed by atoms with Crippen molar-refractivity contribution in [2.75, 3.05) is 38.9 Å². The summed E-state index contributed by atoms with van der Waals surface area (Å²) in [7, 11) is 0.437. The number of piperidine rings is 1. The van der Waals surface area contributed by atoms with Gasteiger partial charge >= 0.3 is 5.97 Å². The fraction of sp³-hybridized carbons (Fsp3) is 0.474. The van der Waals surface area contributed by atoms with Gasteiger partial charge in [0.1, 0.15) is 0 Å². The topological polar surface area (TPSA) is 74.3 Å². The fourth-order valence-corrected chi connectivity index (χ4v) is 15.9. The third-order valence-electron chi connectivity index (χ3n) is 10.1. The molecule has 3 atom stereocenters. The Morgan fingerprint density at radius 2 is 1.50 bits per heavy atom. The van der Waals surface area contributed by atoms with E-state index in [0.717, 1.165) is 22.6 Å². The van der Waals surface area contributed by atoms with Gasteiger partial charge in [-0.05, 0) is 58.4 Å². The monoisotopic (exact) mass is 705 g/mol. The van der Waals surface area contributed by atoms with Crippen molar-refractivity contribution in [3.8, 4) is 11.5 Å². The summed E-state index contributed by atoms with van der Waals surface area (Å²) in [5.41, 5.74) is 2.18. The minimum Gasteiger partial charge on any atom is -0.493 e. The quantitative estimate of drug-likeness (QED) is 0.182. The minimum absolute atomic E-state index is 0.0597. The van der Waals surface area contributed by atoms with E-state index in [-0.39, 0.29) is 34.9 Å². The van der Waals surface area contributed by atoms with Crippen molar-refractivity contribution in [2.45, 2.75) is 68.2 Å². The number of fused-ring (bicyclic) bond motifs is 3. The highest BCUT2D eigenvalue weighted by Crippen LogP contribution is 2.57. The molecule has 0 N–H and O–H groups in total. The summed E-state index contributed by atoms with van der Waals surface area (Å²) in [5.74, 6) is 2.71. The van der Waals surface area contributed by atoms with Crippen LogP contribution in [-0.2, 0) is 25.2 Å². The molecule has 3 aromatic rings. The molecule has 6 rings (SSSR count). The molecule has 0 radical (unpaired) electrons. The van der Waals surface area contributed by atoms with Crippen LogP contribution in [0, 0.1) is 5.92 Å². The van der Waals surface area contributed by atoms with Crippen LogP contribution in [0.2, 0.25) is 5.04 Å². The van der Waals surface area contributed by atoms with E-state index < -0.39 is 12.4 Å². The number of amides is 1. The molecular weight excluding hydrogens is 659 g/mol. The average molecular weight is 706 g/mol. The van der Waals surface area contributed by atoms with E-state index in [1.807, 2.05) is 25.1 Å². The number of ether oxygens (including phenoxy) is 3. The normalized spacial score (nSPS) is 22.1. The van der Waals surface area contributed by atoms with Crippen LogP contribution in [-0.4, -0.2) is 74.2 Å². The molecule has 0 saturated carbocycles. The lowest BCUT2D eigenvalue weighted by atomic mass is 9.78. The Bertz CT molecular complexity index is 1570. The van der Waals surface area contributed by atoms with Crippen LogP contribution in [0.1, 0.15) is 57.7 Å². The molecule has 3 aliphatic heterocycles. The number of methoxy groups -OCH3 is 2. The lowest BCUT2D eigenvalue weighted by molar-refractivity contribution is -0.149. The summed E-state index contributed by atoms with van der Waals surface area (Å²) in [5, 5.41) is 2.22. The van der Waals surface area contributed by atoms with Gasteiger partial charge in [0, 0.05) is 23.8 Å². The number of rotatable bonds is 10. The maximum atomic E-state index is 14.5. The van der Waals surface area contributed by atoms with Crippen LogP contribution in [0.15, 0.2) is 72.8 Å². The number of benzene rings is 3. The number of esters is 1. The Morgan fingerprint density at radius 1 is 0.917 bits per heavy atom. The fourth-order valence-electron chi connectivity index (χ4n) is 8.06. The number of hydrogen-bond acceptors (Lipinski definition) is 8. The van der Waals surface area contributed by atoms with Gasteiger partial charge in [-0.3, -0.25) is 4.79 Å². The van der Waals surface area contributed by atoms with Crippen LogP contribution in [0.5, 0.6) is 11.5 Å². The molecule has 0 aliphatic carbocycles. The van der Waals surface area contributed by atoms with Gasteiger partial charge < -0.3 is 23.5 Å². The van der Waals surface area contributed by atoms with Crippen molar-refractivity contribution in [3.63, 3.8) is 0 Å². The number of carbonyl (C=O) groups excluding carboxylic acids is 2. The molecule has 0 unspecified atom stereocenters. The lowest BCUT2D eigenvalue weighted by Gasteiger charge is -2.51. The highest BCUT2D eigenvalue weighted by atomic mass is 32.2. The second-order valence-electron chi connectivity index (χ2n) is 13.8. The van der Waals surface area contributed by atoms with E-state index in [0.29, 0.717) is 44.0 Å². The Balaban J connectivity index is 1.42. The molecular formula is C38H47NO6S2Si. The Hall–Kier alpha value is -2.92. The number of carbonyl (C=O) groups is 2. The lowest BCUT2D eigenvalue weighted by Crippen LogP contribution is -2.68. The number of hydrogen-bond donors (Lipinski definition) is 0. The van der Waals surface area contributed by atoms with E-state index in [9.17, 15) is 9.59 Å². The molecule has 256 valence electrons. The van der Waals surface area contributed by atoms with Crippen LogP contribution >= 0.6 is 23.5 Å². The SMILES string of the molecule is CCOC(=O)C1([C@@H]2CC(=O)N3[C@H](CO[Si](c4ccccc4)(c4ccccc4)C(C)(C)C)Cc4cc(OC)c(OC)cc4[C@H]3C2)SCCS1. The molecule has 0 aromatic heterocycles. The van der Waals surface area contributed by atoms with E-state index >= 15 is 0 Å². The first-order valence-corrected chi connectivity index (χ1v) is 20.7. The van der Waals surface area contributed by atoms with Crippen molar-refractivity contribution in [3.05, 3.63) is 83.9 Å². The third kappa shape index (κ3) is 6.07. The predicted molar refractivity (Wildman–Crippen MR) is 197 cm³/mol. The first-order chi connectivity index (χ1) is 23.1. The predicted octanol–water partition coefficient (Wildman–Crippen LogP) is 6.22. The summed E-state index contributed by atoms with van der Waals surface area (Å²) in [4.78, 5) is 30.2. The van der Waals surface area contributed by atoms with Gasteiger partial charge in [-0.2, -0.15) is 0 Å². The van der Waals surface area contributed by atoms with Gasteiger partial charge in [0.15, 0.2) is 15.6 Å². The standard InChI is InChI=1S/C38H47NO6S2Si/c1-7-44-36(41)38(46-18-19-47-38)27-22-32-31-24-34(43-6)33(42-5)21-26(31)20-28(39(32)35(40)23-27)25-45-48(37(2,3)4,29-14-10-8-11-15-29)30-16-12-9-13-17-30/h8-17,21,24,27-28,32H,7,18-20,22-23,25H2,1-6H3/t27-,28-,32+/m0/s1. The molecule has 1 amide bonds. The molecule has 10 heteroatoms. The van der Waals surface area contributed by atoms with Crippen molar-refractivity contribution in [2.24, 2.45) is 5.92 Å². The zero-order valence-electron chi connectivity index (χ0n) is 28.8. The van der Waals surface area contributed by atoms with Gasteiger partial charge in [0.05, 0.1) is 39.5 Å². The van der Waals surface area contributed by atoms with Crippen LogP contribution in [0.25, 0.3) is 0 Å².